The van der Waals surface area contributed by atoms with Crippen molar-refractivity contribution in [1.82, 2.24) is 0 Å². The molecule has 404 valence electrons. The second kappa shape index (κ2) is 59.9. The fraction of sp³-hybridized carbons (Fsp3) is 0.937. The van der Waals surface area contributed by atoms with Crippen LogP contribution in [0.25, 0.3) is 0 Å². The van der Waals surface area contributed by atoms with Gasteiger partial charge in [0.05, 0.1) is 6.61 Å². The van der Waals surface area contributed by atoms with Crippen LogP contribution in [-0.4, -0.2) is 37.9 Å². The highest BCUT2D eigenvalue weighted by atomic mass is 16.6. The van der Waals surface area contributed by atoms with Crippen LogP contribution in [0.2, 0.25) is 0 Å². The molecule has 0 heterocycles. The lowest BCUT2D eigenvalue weighted by atomic mass is 10.0. The smallest absolute Gasteiger partial charge is 0.306 e. The van der Waals surface area contributed by atoms with Gasteiger partial charge in [-0.05, 0) is 44.9 Å². The molecular formula is C63H122O5. The zero-order valence-corrected chi connectivity index (χ0v) is 46.7. The van der Waals surface area contributed by atoms with Gasteiger partial charge in [0.25, 0.3) is 0 Å². The van der Waals surface area contributed by atoms with Crippen LogP contribution in [-0.2, 0) is 23.8 Å². The van der Waals surface area contributed by atoms with Crippen molar-refractivity contribution in [2.45, 2.75) is 361 Å². The molecule has 0 fully saturated rings. The molecule has 0 aliphatic carbocycles. The Morgan fingerprint density at radius 3 is 0.897 bits per heavy atom. The van der Waals surface area contributed by atoms with Gasteiger partial charge in [0, 0.05) is 19.4 Å². The molecular weight excluding hydrogens is 837 g/mol. The number of rotatable bonds is 59. The fourth-order valence-electron chi connectivity index (χ4n) is 9.63. The molecule has 0 rings (SSSR count). The Bertz CT molecular complexity index is 994. The van der Waals surface area contributed by atoms with Gasteiger partial charge in [0.15, 0.2) is 6.10 Å². The number of allylic oxidation sites excluding steroid dienone is 2. The van der Waals surface area contributed by atoms with Crippen molar-refractivity contribution in [2.75, 3.05) is 19.8 Å². The Kier molecular flexibility index (Phi) is 58.7. The van der Waals surface area contributed by atoms with E-state index >= 15 is 0 Å². The average Bonchev–Trinajstić information content (AvgIpc) is 3.34. The largest absolute Gasteiger partial charge is 0.462 e. The minimum atomic E-state index is -0.530. The quantitative estimate of drug-likeness (QED) is 0.0345. The Balaban J connectivity index is 4.20. The third kappa shape index (κ3) is 57.2. The second-order valence-electron chi connectivity index (χ2n) is 21.3. The van der Waals surface area contributed by atoms with E-state index in [1.165, 1.54) is 289 Å². The summed E-state index contributed by atoms with van der Waals surface area (Å²) < 4.78 is 17.5. The predicted molar refractivity (Wildman–Crippen MR) is 298 cm³/mol. The molecule has 0 radical (unpaired) electrons. The molecule has 0 aromatic heterocycles. The minimum absolute atomic E-state index is 0.0941. The highest BCUT2D eigenvalue weighted by molar-refractivity contribution is 5.70. The van der Waals surface area contributed by atoms with Crippen LogP contribution >= 0.6 is 0 Å². The molecule has 0 aromatic rings. The van der Waals surface area contributed by atoms with E-state index in [-0.39, 0.29) is 18.5 Å². The van der Waals surface area contributed by atoms with Crippen LogP contribution in [0.15, 0.2) is 12.2 Å². The first-order valence-corrected chi connectivity index (χ1v) is 31.2. The molecule has 1 atom stereocenters. The maximum atomic E-state index is 12.9. The predicted octanol–water partition coefficient (Wildman–Crippen LogP) is 21.4. The van der Waals surface area contributed by atoms with Crippen molar-refractivity contribution in [3.8, 4) is 0 Å². The lowest BCUT2D eigenvalue weighted by Crippen LogP contribution is -2.30. The third-order valence-corrected chi connectivity index (χ3v) is 14.3. The van der Waals surface area contributed by atoms with Crippen LogP contribution in [0.5, 0.6) is 0 Å². The number of hydrogen-bond acceptors (Lipinski definition) is 5. The standard InChI is InChI=1S/C63H122O5/c1-4-7-10-13-16-19-22-25-28-31-32-34-35-38-41-44-47-50-53-56-62(64)67-60-61(59-66-58-55-52-49-46-43-40-37-30-27-24-21-18-15-12-9-6-3)68-63(65)57-54-51-48-45-42-39-36-33-29-26-23-20-17-14-11-8-5-2/h26,29,61H,4-25,27-28,30-60H2,1-3H3/b29-26-. The van der Waals surface area contributed by atoms with Crippen LogP contribution in [0, 0.1) is 0 Å². The van der Waals surface area contributed by atoms with E-state index in [0.717, 1.165) is 32.1 Å². The number of carbonyl (C=O) groups is 2. The summed E-state index contributed by atoms with van der Waals surface area (Å²) in [4.78, 5) is 25.6. The molecule has 5 nitrogen and oxygen atoms in total. The Hall–Kier alpha value is -1.36. The molecule has 0 saturated heterocycles. The molecule has 0 saturated carbocycles. The maximum absolute atomic E-state index is 12.9. The zero-order valence-electron chi connectivity index (χ0n) is 46.7. The Morgan fingerprint density at radius 2 is 0.574 bits per heavy atom. The molecule has 68 heavy (non-hydrogen) atoms. The normalized spacial score (nSPS) is 12.1. The van der Waals surface area contributed by atoms with E-state index in [1.54, 1.807) is 0 Å². The Labute approximate surface area is 426 Å². The SMILES string of the molecule is CCCCCCCC/C=C\CCCCCCCCCC(=O)OC(COCCCCCCCCCCCCCCCCCC)COC(=O)CCCCCCCCCCCCCCCCCCCCC. The summed E-state index contributed by atoms with van der Waals surface area (Å²) in [5, 5.41) is 0. The minimum Gasteiger partial charge on any atom is -0.462 e. The van der Waals surface area contributed by atoms with Crippen LogP contribution in [0.3, 0.4) is 0 Å². The van der Waals surface area contributed by atoms with Gasteiger partial charge in [-0.15, -0.1) is 0 Å². The van der Waals surface area contributed by atoms with Crippen LogP contribution < -0.4 is 0 Å². The summed E-state index contributed by atoms with van der Waals surface area (Å²) >= 11 is 0. The van der Waals surface area contributed by atoms with Crippen molar-refractivity contribution >= 4 is 11.9 Å². The summed E-state index contributed by atoms with van der Waals surface area (Å²) in [6.07, 6.45) is 71.0. The first-order chi connectivity index (χ1) is 33.6. The van der Waals surface area contributed by atoms with Crippen LogP contribution in [0.1, 0.15) is 355 Å². The van der Waals surface area contributed by atoms with Gasteiger partial charge in [-0.2, -0.15) is 0 Å². The van der Waals surface area contributed by atoms with Gasteiger partial charge in [0.1, 0.15) is 6.61 Å². The molecule has 5 heteroatoms. The third-order valence-electron chi connectivity index (χ3n) is 14.3. The van der Waals surface area contributed by atoms with E-state index in [4.69, 9.17) is 14.2 Å². The number of ether oxygens (including phenoxy) is 3. The molecule has 0 spiro atoms. The highest BCUT2D eigenvalue weighted by Crippen LogP contribution is 2.18. The van der Waals surface area contributed by atoms with Gasteiger partial charge < -0.3 is 14.2 Å². The number of carbonyl (C=O) groups excluding carboxylic acids is 2. The van der Waals surface area contributed by atoms with Gasteiger partial charge >= 0.3 is 11.9 Å². The molecule has 1 unspecified atom stereocenters. The lowest BCUT2D eigenvalue weighted by Gasteiger charge is -2.18. The second-order valence-corrected chi connectivity index (χ2v) is 21.3. The lowest BCUT2D eigenvalue weighted by molar-refractivity contribution is -0.163. The summed E-state index contributed by atoms with van der Waals surface area (Å²) in [7, 11) is 0. The number of hydrogen-bond donors (Lipinski definition) is 0. The summed E-state index contributed by atoms with van der Waals surface area (Å²) in [5.41, 5.74) is 0. The number of unbranched alkanes of at least 4 members (excludes halogenated alkanes) is 46. The monoisotopic (exact) mass is 959 g/mol. The van der Waals surface area contributed by atoms with E-state index in [0.29, 0.717) is 26.1 Å². The van der Waals surface area contributed by atoms with Gasteiger partial charge in [-0.1, -0.05) is 309 Å². The summed E-state index contributed by atoms with van der Waals surface area (Å²) in [5.74, 6) is -0.372. The molecule has 0 bridgehead atoms. The van der Waals surface area contributed by atoms with E-state index in [1.807, 2.05) is 0 Å². The molecule has 0 aliphatic heterocycles. The molecule has 0 amide bonds. The molecule has 0 N–H and O–H groups in total. The van der Waals surface area contributed by atoms with E-state index < -0.39 is 6.10 Å². The summed E-state index contributed by atoms with van der Waals surface area (Å²) in [6.45, 7) is 7.92. The zero-order chi connectivity index (χ0) is 49.2. The van der Waals surface area contributed by atoms with Crippen molar-refractivity contribution < 1.29 is 23.8 Å². The van der Waals surface area contributed by atoms with E-state index in [9.17, 15) is 9.59 Å². The summed E-state index contributed by atoms with van der Waals surface area (Å²) in [6, 6.07) is 0. The van der Waals surface area contributed by atoms with Gasteiger partial charge in [-0.3, -0.25) is 9.59 Å². The van der Waals surface area contributed by atoms with Crippen LogP contribution in [0.4, 0.5) is 0 Å². The van der Waals surface area contributed by atoms with E-state index in [2.05, 4.69) is 32.9 Å². The van der Waals surface area contributed by atoms with Crippen molar-refractivity contribution in [3.05, 3.63) is 12.2 Å². The number of esters is 2. The first-order valence-electron chi connectivity index (χ1n) is 31.2. The molecule has 0 aromatic carbocycles. The highest BCUT2D eigenvalue weighted by Gasteiger charge is 2.18. The van der Waals surface area contributed by atoms with Gasteiger partial charge in [0.2, 0.25) is 0 Å². The van der Waals surface area contributed by atoms with Crippen molar-refractivity contribution in [1.29, 1.82) is 0 Å². The fourth-order valence-corrected chi connectivity index (χ4v) is 9.63. The topological polar surface area (TPSA) is 61.8 Å². The molecule has 0 aliphatic rings. The first kappa shape index (κ1) is 66.6. The average molecular weight is 960 g/mol. The Morgan fingerprint density at radius 1 is 0.309 bits per heavy atom. The maximum Gasteiger partial charge on any atom is 0.306 e. The van der Waals surface area contributed by atoms with Gasteiger partial charge in [-0.25, -0.2) is 0 Å². The van der Waals surface area contributed by atoms with Crippen molar-refractivity contribution in [2.24, 2.45) is 0 Å². The van der Waals surface area contributed by atoms with Crippen molar-refractivity contribution in [3.63, 3.8) is 0 Å².